The molecule has 0 heterocycles. The van der Waals surface area contributed by atoms with Crippen LogP contribution in [0.4, 0.5) is 5.69 Å². The highest BCUT2D eigenvalue weighted by Crippen LogP contribution is 2.19. The van der Waals surface area contributed by atoms with E-state index in [2.05, 4.69) is 12.2 Å². The Kier molecular flexibility index (Phi) is 6.91. The molecule has 1 unspecified atom stereocenters. The number of rotatable bonds is 8. The lowest BCUT2D eigenvalue weighted by Gasteiger charge is -2.19. The first-order chi connectivity index (χ1) is 9.60. The average molecular weight is 278 g/mol. The number of hydrogen-bond donors (Lipinski definition) is 1. The van der Waals surface area contributed by atoms with Crippen LogP contribution in [0.1, 0.15) is 34.1 Å². The topological polar surface area (TPSA) is 41.6 Å². The number of carbonyl (C=O) groups excluding carboxylic acids is 1. The van der Waals surface area contributed by atoms with E-state index in [9.17, 15) is 4.79 Å². The number of benzene rings is 1. The van der Waals surface area contributed by atoms with Gasteiger partial charge in [-0.2, -0.15) is 0 Å². The van der Waals surface area contributed by atoms with Gasteiger partial charge >= 0.3 is 0 Å². The lowest BCUT2D eigenvalue weighted by molar-refractivity contribution is -0.128. The molecular formula is C16H26N2O2. The van der Waals surface area contributed by atoms with Crippen molar-refractivity contribution in [3.8, 4) is 5.75 Å². The van der Waals surface area contributed by atoms with Gasteiger partial charge in [-0.3, -0.25) is 4.79 Å². The van der Waals surface area contributed by atoms with Crippen LogP contribution < -0.4 is 10.1 Å². The third kappa shape index (κ3) is 5.11. The van der Waals surface area contributed by atoms with Gasteiger partial charge in [-0.15, -0.1) is 0 Å². The molecule has 0 aliphatic rings. The standard InChI is InChI=1S/C16H26N2O2/c1-5-13(4)20-15-10-8-9-14(11-15)17-12-16(19)18(6-2)7-3/h8-11,13,17H,5-7,12H2,1-4H3. The molecule has 0 fully saturated rings. The molecule has 1 atom stereocenters. The monoisotopic (exact) mass is 278 g/mol. The van der Waals surface area contributed by atoms with Crippen molar-refractivity contribution in [1.82, 2.24) is 4.90 Å². The van der Waals surface area contributed by atoms with E-state index in [0.717, 1.165) is 30.9 Å². The SMILES string of the molecule is CCC(C)Oc1cccc(NCC(=O)N(CC)CC)c1. The molecule has 0 bridgehead atoms. The minimum Gasteiger partial charge on any atom is -0.491 e. The second-order valence-electron chi connectivity index (χ2n) is 4.78. The quantitative estimate of drug-likeness (QED) is 0.794. The molecule has 0 spiro atoms. The normalized spacial score (nSPS) is 11.8. The van der Waals surface area contributed by atoms with E-state index in [-0.39, 0.29) is 12.0 Å². The molecule has 1 aromatic carbocycles. The van der Waals surface area contributed by atoms with Gasteiger partial charge in [0.25, 0.3) is 0 Å². The smallest absolute Gasteiger partial charge is 0.241 e. The lowest BCUT2D eigenvalue weighted by atomic mass is 10.2. The van der Waals surface area contributed by atoms with Gasteiger partial charge < -0.3 is 15.0 Å². The van der Waals surface area contributed by atoms with Crippen LogP contribution in [0, 0.1) is 0 Å². The number of nitrogens with zero attached hydrogens (tertiary/aromatic N) is 1. The van der Waals surface area contributed by atoms with Crippen molar-refractivity contribution >= 4 is 11.6 Å². The second-order valence-corrected chi connectivity index (χ2v) is 4.78. The molecule has 4 nitrogen and oxygen atoms in total. The van der Waals surface area contributed by atoms with E-state index < -0.39 is 0 Å². The van der Waals surface area contributed by atoms with Crippen molar-refractivity contribution < 1.29 is 9.53 Å². The zero-order valence-electron chi connectivity index (χ0n) is 13.0. The predicted octanol–water partition coefficient (Wildman–Crippen LogP) is 3.14. The first-order valence-electron chi connectivity index (χ1n) is 7.39. The van der Waals surface area contributed by atoms with Gasteiger partial charge in [0.1, 0.15) is 5.75 Å². The molecule has 1 amide bonds. The molecular weight excluding hydrogens is 252 g/mol. The molecule has 0 saturated heterocycles. The fourth-order valence-electron chi connectivity index (χ4n) is 1.86. The molecule has 1 N–H and O–H groups in total. The first-order valence-corrected chi connectivity index (χ1v) is 7.39. The molecule has 0 aromatic heterocycles. The van der Waals surface area contributed by atoms with Crippen LogP contribution in [0.2, 0.25) is 0 Å². The Morgan fingerprint density at radius 3 is 2.60 bits per heavy atom. The van der Waals surface area contributed by atoms with Gasteiger partial charge in [-0.05, 0) is 39.3 Å². The highest BCUT2D eigenvalue weighted by atomic mass is 16.5. The molecule has 1 aromatic rings. The Morgan fingerprint density at radius 1 is 1.30 bits per heavy atom. The number of ether oxygens (including phenoxy) is 1. The summed E-state index contributed by atoms with van der Waals surface area (Å²) in [6.07, 6.45) is 1.17. The number of carbonyl (C=O) groups is 1. The van der Waals surface area contributed by atoms with E-state index in [1.54, 1.807) is 0 Å². The fourth-order valence-corrected chi connectivity index (χ4v) is 1.86. The summed E-state index contributed by atoms with van der Waals surface area (Å²) in [5, 5.41) is 3.15. The minimum absolute atomic E-state index is 0.114. The van der Waals surface area contributed by atoms with Crippen LogP contribution in [0.15, 0.2) is 24.3 Å². The Labute approximate surface area is 122 Å². The van der Waals surface area contributed by atoms with Crippen molar-refractivity contribution in [3.05, 3.63) is 24.3 Å². The lowest BCUT2D eigenvalue weighted by Crippen LogP contribution is -2.35. The van der Waals surface area contributed by atoms with Crippen LogP contribution in [0.5, 0.6) is 5.75 Å². The van der Waals surface area contributed by atoms with Gasteiger partial charge in [0, 0.05) is 24.8 Å². The van der Waals surface area contributed by atoms with Gasteiger partial charge in [0.05, 0.1) is 12.6 Å². The second kappa shape index (κ2) is 8.46. The molecule has 1 rings (SSSR count). The fraction of sp³-hybridized carbons (Fsp3) is 0.562. The van der Waals surface area contributed by atoms with Crippen molar-refractivity contribution in [2.45, 2.75) is 40.2 Å². The van der Waals surface area contributed by atoms with Crippen molar-refractivity contribution in [2.24, 2.45) is 0 Å². The van der Waals surface area contributed by atoms with E-state index in [1.807, 2.05) is 49.9 Å². The van der Waals surface area contributed by atoms with Crippen LogP contribution >= 0.6 is 0 Å². The van der Waals surface area contributed by atoms with Crippen LogP contribution in [0.3, 0.4) is 0 Å². The van der Waals surface area contributed by atoms with Crippen molar-refractivity contribution in [2.75, 3.05) is 25.0 Å². The first kappa shape index (κ1) is 16.3. The van der Waals surface area contributed by atoms with E-state index in [1.165, 1.54) is 0 Å². The van der Waals surface area contributed by atoms with Crippen molar-refractivity contribution in [3.63, 3.8) is 0 Å². The van der Waals surface area contributed by atoms with E-state index >= 15 is 0 Å². The molecule has 4 heteroatoms. The summed E-state index contributed by atoms with van der Waals surface area (Å²) in [6, 6.07) is 7.74. The molecule has 0 saturated carbocycles. The number of anilines is 1. The zero-order chi connectivity index (χ0) is 15.0. The highest BCUT2D eigenvalue weighted by molar-refractivity contribution is 5.80. The Bertz CT molecular complexity index is 417. The average Bonchev–Trinajstić information content (AvgIpc) is 2.46. The molecule has 20 heavy (non-hydrogen) atoms. The van der Waals surface area contributed by atoms with Gasteiger partial charge in [-0.1, -0.05) is 13.0 Å². The maximum Gasteiger partial charge on any atom is 0.241 e. The van der Waals surface area contributed by atoms with Crippen molar-refractivity contribution in [1.29, 1.82) is 0 Å². The summed E-state index contributed by atoms with van der Waals surface area (Å²) < 4.78 is 5.77. The number of likely N-dealkylation sites (N-methyl/N-ethyl adjacent to an activating group) is 1. The third-order valence-electron chi connectivity index (χ3n) is 3.31. The molecule has 0 aliphatic carbocycles. The molecule has 0 radical (unpaired) electrons. The summed E-state index contributed by atoms with van der Waals surface area (Å²) in [7, 11) is 0. The van der Waals surface area contributed by atoms with Crippen LogP contribution in [0.25, 0.3) is 0 Å². The van der Waals surface area contributed by atoms with Crippen LogP contribution in [-0.4, -0.2) is 36.5 Å². The molecule has 0 aliphatic heterocycles. The maximum absolute atomic E-state index is 11.9. The summed E-state index contributed by atoms with van der Waals surface area (Å²) in [4.78, 5) is 13.7. The summed E-state index contributed by atoms with van der Waals surface area (Å²) in [5.41, 5.74) is 0.909. The van der Waals surface area contributed by atoms with Gasteiger partial charge in [0.15, 0.2) is 0 Å². The number of amides is 1. The van der Waals surface area contributed by atoms with Crippen LogP contribution in [-0.2, 0) is 4.79 Å². The Balaban J connectivity index is 2.56. The third-order valence-corrected chi connectivity index (χ3v) is 3.31. The van der Waals surface area contributed by atoms with E-state index in [0.29, 0.717) is 6.54 Å². The number of nitrogens with one attached hydrogen (secondary N) is 1. The molecule has 112 valence electrons. The maximum atomic E-state index is 11.9. The minimum atomic E-state index is 0.114. The Morgan fingerprint density at radius 2 is 2.00 bits per heavy atom. The van der Waals surface area contributed by atoms with Gasteiger partial charge in [-0.25, -0.2) is 0 Å². The summed E-state index contributed by atoms with van der Waals surface area (Å²) in [5.74, 6) is 0.947. The van der Waals surface area contributed by atoms with Gasteiger partial charge in [0.2, 0.25) is 5.91 Å². The summed E-state index contributed by atoms with van der Waals surface area (Å²) in [6.45, 7) is 9.92. The predicted molar refractivity (Wildman–Crippen MR) is 83.2 cm³/mol. The number of hydrogen-bond acceptors (Lipinski definition) is 3. The largest absolute Gasteiger partial charge is 0.491 e. The summed E-state index contributed by atoms with van der Waals surface area (Å²) >= 11 is 0. The highest BCUT2D eigenvalue weighted by Gasteiger charge is 2.09. The van der Waals surface area contributed by atoms with E-state index in [4.69, 9.17) is 4.74 Å². The zero-order valence-corrected chi connectivity index (χ0v) is 13.0. The Hall–Kier alpha value is -1.71.